The van der Waals surface area contributed by atoms with Crippen molar-refractivity contribution in [3.05, 3.63) is 33.4 Å². The highest BCUT2D eigenvalue weighted by Crippen LogP contribution is 2.39. The van der Waals surface area contributed by atoms with Crippen LogP contribution in [0.4, 0.5) is 0 Å². The highest BCUT2D eigenvalue weighted by molar-refractivity contribution is 14.1. The summed E-state index contributed by atoms with van der Waals surface area (Å²) in [6.45, 7) is 4.47. The summed E-state index contributed by atoms with van der Waals surface area (Å²) in [5.41, 5.74) is 0.763. The van der Waals surface area contributed by atoms with Crippen molar-refractivity contribution < 1.29 is 5.11 Å². The van der Waals surface area contributed by atoms with Crippen LogP contribution >= 0.6 is 22.6 Å². The third-order valence-electron chi connectivity index (χ3n) is 4.39. The van der Waals surface area contributed by atoms with Gasteiger partial charge in [0.05, 0.1) is 5.60 Å². The van der Waals surface area contributed by atoms with Crippen molar-refractivity contribution >= 4 is 22.6 Å². The summed E-state index contributed by atoms with van der Waals surface area (Å²) in [6.07, 6.45) is 4.17. The number of benzene rings is 1. The fraction of sp³-hybridized carbons (Fsp3) is 0.600. The number of hydrogen-bond acceptors (Lipinski definition) is 1. The van der Waals surface area contributed by atoms with E-state index in [2.05, 4.69) is 60.7 Å². The van der Waals surface area contributed by atoms with Crippen molar-refractivity contribution in [2.45, 2.75) is 45.1 Å². The van der Waals surface area contributed by atoms with Crippen LogP contribution < -0.4 is 0 Å². The minimum atomic E-state index is -0.496. The molecule has 1 aromatic rings. The Morgan fingerprint density at radius 1 is 1.29 bits per heavy atom. The predicted molar refractivity (Wildman–Crippen MR) is 80.0 cm³/mol. The molecular weight excluding hydrogens is 323 g/mol. The molecule has 2 heteroatoms. The van der Waals surface area contributed by atoms with Gasteiger partial charge in [0.15, 0.2) is 0 Å². The molecule has 2 rings (SSSR count). The molecule has 0 radical (unpaired) electrons. The van der Waals surface area contributed by atoms with E-state index in [0.717, 1.165) is 19.3 Å². The Hall–Kier alpha value is -0.0900. The Balaban J connectivity index is 2.13. The highest BCUT2D eigenvalue weighted by atomic mass is 127. The monoisotopic (exact) mass is 344 g/mol. The van der Waals surface area contributed by atoms with E-state index in [4.69, 9.17) is 0 Å². The Morgan fingerprint density at radius 2 is 1.94 bits per heavy atom. The molecule has 17 heavy (non-hydrogen) atoms. The van der Waals surface area contributed by atoms with Gasteiger partial charge in [-0.25, -0.2) is 0 Å². The molecule has 3 atom stereocenters. The molecule has 0 aliphatic heterocycles. The van der Waals surface area contributed by atoms with E-state index in [-0.39, 0.29) is 0 Å². The lowest BCUT2D eigenvalue weighted by Gasteiger charge is -2.42. The molecule has 1 saturated carbocycles. The molecule has 0 bridgehead atoms. The highest BCUT2D eigenvalue weighted by Gasteiger charge is 2.39. The number of halogens is 1. The molecular formula is C15H21IO. The lowest BCUT2D eigenvalue weighted by atomic mass is 9.68. The smallest absolute Gasteiger partial charge is 0.0715 e. The lowest BCUT2D eigenvalue weighted by molar-refractivity contribution is -0.0620. The standard InChI is InChI=1S/C15H21IO/c1-11-4-3-9-15(17,12(11)2)10-13-5-7-14(16)8-6-13/h5-8,11-12,17H,3-4,9-10H2,1-2H3. The molecule has 1 aliphatic rings. The largest absolute Gasteiger partial charge is 0.389 e. The van der Waals surface area contributed by atoms with Gasteiger partial charge in [0.1, 0.15) is 0 Å². The molecule has 1 N–H and O–H groups in total. The Labute approximate surface area is 118 Å². The zero-order valence-corrected chi connectivity index (χ0v) is 12.8. The number of rotatable bonds is 2. The SMILES string of the molecule is CC1CCCC(O)(Cc2ccc(I)cc2)C1C. The van der Waals surface area contributed by atoms with Crippen molar-refractivity contribution in [1.82, 2.24) is 0 Å². The second-order valence-corrected chi connectivity index (χ2v) is 6.81. The van der Waals surface area contributed by atoms with Crippen molar-refractivity contribution in [1.29, 1.82) is 0 Å². The molecule has 0 heterocycles. The molecule has 1 fully saturated rings. The van der Waals surface area contributed by atoms with Crippen LogP contribution in [-0.4, -0.2) is 10.7 Å². The summed E-state index contributed by atoms with van der Waals surface area (Å²) in [5, 5.41) is 10.8. The van der Waals surface area contributed by atoms with E-state index in [1.54, 1.807) is 0 Å². The van der Waals surface area contributed by atoms with Gasteiger partial charge in [-0.3, -0.25) is 0 Å². The summed E-state index contributed by atoms with van der Waals surface area (Å²) >= 11 is 2.32. The average molecular weight is 344 g/mol. The first-order valence-corrected chi connectivity index (χ1v) is 7.56. The van der Waals surface area contributed by atoms with E-state index in [9.17, 15) is 5.11 Å². The number of hydrogen-bond donors (Lipinski definition) is 1. The minimum Gasteiger partial charge on any atom is -0.389 e. The van der Waals surface area contributed by atoms with E-state index in [1.807, 2.05) is 0 Å². The van der Waals surface area contributed by atoms with Crippen LogP contribution in [0.25, 0.3) is 0 Å². The zero-order chi connectivity index (χ0) is 12.5. The Morgan fingerprint density at radius 3 is 2.59 bits per heavy atom. The molecule has 0 spiro atoms. The molecule has 1 nitrogen and oxygen atoms in total. The zero-order valence-electron chi connectivity index (χ0n) is 10.6. The van der Waals surface area contributed by atoms with Gasteiger partial charge >= 0.3 is 0 Å². The first-order valence-electron chi connectivity index (χ1n) is 6.48. The predicted octanol–water partition coefficient (Wildman–Crippen LogP) is 4.02. The van der Waals surface area contributed by atoms with Gasteiger partial charge in [0, 0.05) is 9.99 Å². The molecule has 0 saturated heterocycles. The topological polar surface area (TPSA) is 20.2 Å². The van der Waals surface area contributed by atoms with Gasteiger partial charge in [-0.1, -0.05) is 38.8 Å². The van der Waals surface area contributed by atoms with Crippen LogP contribution in [0, 0.1) is 15.4 Å². The van der Waals surface area contributed by atoms with Crippen LogP contribution in [0.3, 0.4) is 0 Å². The van der Waals surface area contributed by atoms with Crippen molar-refractivity contribution in [3.8, 4) is 0 Å². The fourth-order valence-corrected chi connectivity index (χ4v) is 3.30. The second kappa shape index (κ2) is 5.27. The van der Waals surface area contributed by atoms with Gasteiger partial charge in [-0.15, -0.1) is 0 Å². The Bertz CT molecular complexity index is 373. The molecule has 0 amide bonds. The second-order valence-electron chi connectivity index (χ2n) is 5.57. The maximum atomic E-state index is 10.8. The molecule has 0 aromatic heterocycles. The third kappa shape index (κ3) is 3.02. The molecule has 94 valence electrons. The van der Waals surface area contributed by atoms with Crippen molar-refractivity contribution in [3.63, 3.8) is 0 Å². The molecule has 3 unspecified atom stereocenters. The van der Waals surface area contributed by atoms with Crippen LogP contribution in [0.5, 0.6) is 0 Å². The fourth-order valence-electron chi connectivity index (χ4n) is 2.94. The van der Waals surface area contributed by atoms with E-state index in [1.165, 1.54) is 15.6 Å². The van der Waals surface area contributed by atoms with Gasteiger partial charge in [-0.2, -0.15) is 0 Å². The van der Waals surface area contributed by atoms with Gasteiger partial charge in [0.25, 0.3) is 0 Å². The molecule has 1 aliphatic carbocycles. The summed E-state index contributed by atoms with van der Waals surface area (Å²) in [4.78, 5) is 0. The summed E-state index contributed by atoms with van der Waals surface area (Å²) in [6, 6.07) is 8.53. The van der Waals surface area contributed by atoms with E-state index in [0.29, 0.717) is 11.8 Å². The van der Waals surface area contributed by atoms with Crippen LogP contribution in [0.2, 0.25) is 0 Å². The van der Waals surface area contributed by atoms with E-state index >= 15 is 0 Å². The summed E-state index contributed by atoms with van der Waals surface area (Å²) < 4.78 is 1.25. The summed E-state index contributed by atoms with van der Waals surface area (Å²) in [7, 11) is 0. The third-order valence-corrected chi connectivity index (χ3v) is 5.11. The van der Waals surface area contributed by atoms with Crippen LogP contribution in [0.1, 0.15) is 38.7 Å². The first kappa shape index (κ1) is 13.3. The van der Waals surface area contributed by atoms with Gasteiger partial charge in [-0.05, 0) is 58.5 Å². The van der Waals surface area contributed by atoms with E-state index < -0.39 is 5.60 Å². The minimum absolute atomic E-state index is 0.399. The normalized spacial score (nSPS) is 33.6. The average Bonchev–Trinajstić information content (AvgIpc) is 2.29. The maximum Gasteiger partial charge on any atom is 0.0715 e. The van der Waals surface area contributed by atoms with Crippen molar-refractivity contribution in [2.75, 3.05) is 0 Å². The number of aliphatic hydroxyl groups is 1. The van der Waals surface area contributed by atoms with Gasteiger partial charge in [0.2, 0.25) is 0 Å². The quantitative estimate of drug-likeness (QED) is 0.804. The van der Waals surface area contributed by atoms with Gasteiger partial charge < -0.3 is 5.11 Å². The molecule has 1 aromatic carbocycles. The lowest BCUT2D eigenvalue weighted by Crippen LogP contribution is -2.44. The van der Waals surface area contributed by atoms with Crippen molar-refractivity contribution in [2.24, 2.45) is 11.8 Å². The summed E-state index contributed by atoms with van der Waals surface area (Å²) in [5.74, 6) is 1.04. The van der Waals surface area contributed by atoms with Crippen LogP contribution in [-0.2, 0) is 6.42 Å². The Kier molecular flexibility index (Phi) is 4.14. The maximum absolute atomic E-state index is 10.8. The van der Waals surface area contributed by atoms with Crippen LogP contribution in [0.15, 0.2) is 24.3 Å². The first-order chi connectivity index (χ1) is 8.01.